The second-order valence-corrected chi connectivity index (χ2v) is 7.92. The summed E-state index contributed by atoms with van der Waals surface area (Å²) in [5.74, 6) is 0.486. The second-order valence-electron chi connectivity index (χ2n) is 6.82. The van der Waals surface area contributed by atoms with Crippen LogP contribution in [-0.2, 0) is 4.79 Å². The lowest BCUT2D eigenvalue weighted by Crippen LogP contribution is -2.36. The zero-order valence-electron chi connectivity index (χ0n) is 12.3. The molecule has 1 aromatic rings. The molecule has 108 valence electrons. The van der Waals surface area contributed by atoms with Gasteiger partial charge in [-0.2, -0.15) is 0 Å². The molecule has 3 rings (SSSR count). The molecule has 3 atom stereocenters. The van der Waals surface area contributed by atoms with Gasteiger partial charge < -0.3 is 4.98 Å². The fraction of sp³-hybridized carbons (Fsp3) is 0.667. The van der Waals surface area contributed by atoms with E-state index >= 15 is 0 Å². The Morgan fingerprint density at radius 2 is 2.05 bits per heavy atom. The van der Waals surface area contributed by atoms with Crippen molar-refractivity contribution in [2.45, 2.75) is 50.9 Å². The molecule has 0 saturated heterocycles. The number of ketones is 1. The Morgan fingerprint density at radius 1 is 1.35 bits per heavy atom. The smallest absolute Gasteiger partial charge is 0.251 e. The molecule has 20 heavy (non-hydrogen) atoms. The maximum absolute atomic E-state index is 12.6. The minimum Gasteiger partial charge on any atom is -0.301 e. The number of aromatic amines is 1. The molecule has 0 spiro atoms. The van der Waals surface area contributed by atoms with Gasteiger partial charge in [-0.3, -0.25) is 9.59 Å². The summed E-state index contributed by atoms with van der Waals surface area (Å²) >= 11 is 1.44. The van der Waals surface area contributed by atoms with E-state index in [2.05, 4.69) is 30.7 Å². The summed E-state index contributed by atoms with van der Waals surface area (Å²) in [5.41, 5.74) is 0.560. The number of H-pyrrole nitrogens is 1. The fourth-order valence-electron chi connectivity index (χ4n) is 3.90. The van der Waals surface area contributed by atoms with E-state index < -0.39 is 0 Å². The van der Waals surface area contributed by atoms with Gasteiger partial charge in [0.1, 0.15) is 5.78 Å². The van der Waals surface area contributed by atoms with Gasteiger partial charge in [0, 0.05) is 17.7 Å². The second kappa shape index (κ2) is 4.20. The molecule has 2 aliphatic carbocycles. The minimum atomic E-state index is -0.153. The zero-order valence-corrected chi connectivity index (χ0v) is 13.1. The molecule has 0 aliphatic heterocycles. The maximum Gasteiger partial charge on any atom is 0.251 e. The van der Waals surface area contributed by atoms with Gasteiger partial charge in [-0.05, 0) is 30.6 Å². The normalized spacial score (nSPS) is 34.7. The maximum atomic E-state index is 12.6. The van der Waals surface area contributed by atoms with E-state index in [1.54, 1.807) is 6.92 Å². The van der Waals surface area contributed by atoms with Crippen molar-refractivity contribution in [1.82, 2.24) is 9.97 Å². The third kappa shape index (κ3) is 1.72. The van der Waals surface area contributed by atoms with Crippen molar-refractivity contribution >= 4 is 17.5 Å². The van der Waals surface area contributed by atoms with Gasteiger partial charge in [-0.1, -0.05) is 32.5 Å². The van der Waals surface area contributed by atoms with Crippen LogP contribution in [0.3, 0.4) is 0 Å². The van der Waals surface area contributed by atoms with Crippen LogP contribution in [0.4, 0.5) is 0 Å². The molecule has 2 bridgehead atoms. The van der Waals surface area contributed by atoms with E-state index in [-0.39, 0.29) is 27.6 Å². The number of hydrogen-bond acceptors (Lipinski definition) is 4. The quantitative estimate of drug-likeness (QED) is 0.851. The summed E-state index contributed by atoms with van der Waals surface area (Å²) in [4.78, 5) is 31.3. The van der Waals surface area contributed by atoms with E-state index in [0.717, 1.165) is 12.8 Å². The van der Waals surface area contributed by atoms with Crippen LogP contribution in [0.15, 0.2) is 16.0 Å². The summed E-state index contributed by atoms with van der Waals surface area (Å²) in [7, 11) is 0. The van der Waals surface area contributed by atoms with Gasteiger partial charge >= 0.3 is 0 Å². The largest absolute Gasteiger partial charge is 0.301 e. The molecule has 1 aromatic heterocycles. The van der Waals surface area contributed by atoms with Gasteiger partial charge in [0.25, 0.3) is 5.56 Å². The average molecular weight is 292 g/mol. The number of fused-ring (bicyclic) bond motifs is 2. The lowest BCUT2D eigenvalue weighted by Gasteiger charge is -2.37. The number of rotatable bonds is 2. The van der Waals surface area contributed by atoms with Crippen molar-refractivity contribution < 1.29 is 4.79 Å². The first-order valence-electron chi connectivity index (χ1n) is 7.04. The molecule has 5 heteroatoms. The summed E-state index contributed by atoms with van der Waals surface area (Å²) in [5, 5.41) is 0.471. The van der Waals surface area contributed by atoms with Crippen LogP contribution in [0, 0.1) is 23.7 Å². The summed E-state index contributed by atoms with van der Waals surface area (Å²) in [6.07, 6.45) is 2.07. The highest BCUT2D eigenvalue weighted by Crippen LogP contribution is 2.66. The summed E-state index contributed by atoms with van der Waals surface area (Å²) < 4.78 is 0. The van der Waals surface area contributed by atoms with Crippen LogP contribution in [0.25, 0.3) is 0 Å². The molecule has 1 N–H and O–H groups in total. The third-order valence-electron chi connectivity index (χ3n) is 5.55. The van der Waals surface area contributed by atoms with Crippen molar-refractivity contribution in [3.05, 3.63) is 22.1 Å². The predicted molar refractivity (Wildman–Crippen MR) is 78.9 cm³/mol. The fourth-order valence-corrected chi connectivity index (χ4v) is 5.44. The van der Waals surface area contributed by atoms with Crippen molar-refractivity contribution in [2.24, 2.45) is 16.7 Å². The SMILES string of the molecule is Cc1cc(=O)[nH]c(S[C@H]2C(=O)[C@@H]3CC[C@]2(C)C3(C)C)n1. The van der Waals surface area contributed by atoms with Gasteiger partial charge in [0.2, 0.25) is 0 Å². The molecular formula is C15H20N2O2S. The number of aryl methyl sites for hydroxylation is 1. The molecule has 0 amide bonds. The first-order valence-corrected chi connectivity index (χ1v) is 7.92. The standard InChI is InChI=1S/C15H20N2O2S/c1-8-7-10(18)17-13(16-8)20-12-11(19)9-5-6-15(12,4)14(9,2)3/h7,9,12H,5-6H2,1-4H3,(H,16,17,18)/t9-,12-,15-/m0/s1. The Kier molecular flexibility index (Phi) is 2.91. The molecule has 1 heterocycles. The van der Waals surface area contributed by atoms with Crippen molar-refractivity contribution in [2.75, 3.05) is 0 Å². The van der Waals surface area contributed by atoms with Crippen molar-refractivity contribution in [3.63, 3.8) is 0 Å². The molecule has 2 fully saturated rings. The van der Waals surface area contributed by atoms with E-state index in [4.69, 9.17) is 0 Å². The van der Waals surface area contributed by atoms with Crippen LogP contribution in [-0.4, -0.2) is 21.0 Å². The van der Waals surface area contributed by atoms with Crippen molar-refractivity contribution in [1.29, 1.82) is 0 Å². The number of nitrogens with one attached hydrogen (secondary N) is 1. The Hall–Kier alpha value is -1.10. The number of aromatic nitrogens is 2. The van der Waals surface area contributed by atoms with Crippen LogP contribution >= 0.6 is 11.8 Å². The van der Waals surface area contributed by atoms with E-state index in [9.17, 15) is 9.59 Å². The highest BCUT2D eigenvalue weighted by molar-refractivity contribution is 8.00. The van der Waals surface area contributed by atoms with E-state index in [1.165, 1.54) is 17.8 Å². The third-order valence-corrected chi connectivity index (χ3v) is 6.96. The van der Waals surface area contributed by atoms with E-state index in [1.807, 2.05) is 0 Å². The zero-order chi connectivity index (χ0) is 14.7. The number of carbonyl (C=O) groups excluding carboxylic acids is 1. The Labute approximate surface area is 122 Å². The van der Waals surface area contributed by atoms with Gasteiger partial charge in [0.05, 0.1) is 5.25 Å². The summed E-state index contributed by atoms with van der Waals surface area (Å²) in [6, 6.07) is 1.47. The van der Waals surface area contributed by atoms with Crippen LogP contribution in [0.2, 0.25) is 0 Å². The summed E-state index contributed by atoms with van der Waals surface area (Å²) in [6.45, 7) is 8.42. The highest BCUT2D eigenvalue weighted by Gasteiger charge is 2.66. The Balaban J connectivity index is 1.96. The number of hydrogen-bond donors (Lipinski definition) is 1. The lowest BCUT2D eigenvalue weighted by atomic mass is 9.71. The highest BCUT2D eigenvalue weighted by atomic mass is 32.2. The first kappa shape index (κ1) is 13.9. The number of carbonyl (C=O) groups is 1. The topological polar surface area (TPSA) is 62.8 Å². The van der Waals surface area contributed by atoms with Crippen LogP contribution in [0.1, 0.15) is 39.3 Å². The van der Waals surface area contributed by atoms with Crippen LogP contribution in [0.5, 0.6) is 0 Å². The molecule has 4 nitrogen and oxygen atoms in total. The molecular weight excluding hydrogens is 272 g/mol. The Morgan fingerprint density at radius 3 is 2.60 bits per heavy atom. The number of nitrogens with zero attached hydrogens (tertiary/aromatic N) is 1. The minimum absolute atomic E-state index is 0.0122. The average Bonchev–Trinajstić information content (AvgIpc) is 2.62. The van der Waals surface area contributed by atoms with Crippen molar-refractivity contribution in [3.8, 4) is 0 Å². The molecule has 0 aromatic carbocycles. The lowest BCUT2D eigenvalue weighted by molar-refractivity contribution is -0.122. The van der Waals surface area contributed by atoms with Gasteiger partial charge in [0.15, 0.2) is 5.16 Å². The van der Waals surface area contributed by atoms with Gasteiger partial charge in [-0.15, -0.1) is 0 Å². The Bertz CT molecular complexity index is 637. The molecule has 2 aliphatic rings. The van der Waals surface area contributed by atoms with E-state index in [0.29, 0.717) is 16.6 Å². The van der Waals surface area contributed by atoms with Gasteiger partial charge in [-0.25, -0.2) is 4.98 Å². The number of thioether (sulfide) groups is 1. The molecule has 2 saturated carbocycles. The van der Waals surface area contributed by atoms with Crippen LogP contribution < -0.4 is 5.56 Å². The molecule has 0 radical (unpaired) electrons. The molecule has 0 unspecified atom stereocenters. The number of Topliss-reactive ketones (excluding diaryl/α,β-unsaturated/α-hetero) is 1. The predicted octanol–water partition coefficient (Wildman–Crippen LogP) is 2.56. The first-order chi connectivity index (χ1) is 9.25. The monoisotopic (exact) mass is 292 g/mol.